The van der Waals surface area contributed by atoms with Crippen molar-refractivity contribution in [2.24, 2.45) is 0 Å². The highest BCUT2D eigenvalue weighted by molar-refractivity contribution is 6.30. The standard InChI is InChI=1S/C21H22ClFN4O2/c1-13(24-21-25-20(26-29-21)14-3-2-4-15(22)11-14)18-12-16(23)5-6-19(18)27-9-7-17(28)8-10-27/h2-6,11-13,17,28H,7-10H2,1H3,(H,24,25,26). The van der Waals surface area contributed by atoms with Crippen LogP contribution in [0.25, 0.3) is 11.4 Å². The normalized spacial score (nSPS) is 16.1. The molecular weight excluding hydrogens is 395 g/mol. The molecule has 3 aromatic rings. The van der Waals surface area contributed by atoms with E-state index in [1.165, 1.54) is 12.1 Å². The van der Waals surface area contributed by atoms with Crippen LogP contribution in [0.2, 0.25) is 5.02 Å². The molecule has 152 valence electrons. The molecule has 0 radical (unpaired) electrons. The molecule has 0 bridgehead atoms. The first-order chi connectivity index (χ1) is 14.0. The summed E-state index contributed by atoms with van der Waals surface area (Å²) in [5.74, 6) is 0.117. The van der Waals surface area contributed by atoms with Crippen molar-refractivity contribution in [3.05, 3.63) is 58.9 Å². The van der Waals surface area contributed by atoms with Crippen LogP contribution in [-0.4, -0.2) is 34.4 Å². The monoisotopic (exact) mass is 416 g/mol. The second-order valence-corrected chi connectivity index (χ2v) is 7.66. The number of hydrogen-bond donors (Lipinski definition) is 2. The molecule has 1 saturated heterocycles. The third-order valence-electron chi connectivity index (χ3n) is 5.11. The van der Waals surface area contributed by atoms with E-state index in [-0.39, 0.29) is 24.0 Å². The Morgan fingerprint density at radius 2 is 2.03 bits per heavy atom. The van der Waals surface area contributed by atoms with Gasteiger partial charge in [0.1, 0.15) is 5.82 Å². The fraction of sp³-hybridized carbons (Fsp3) is 0.333. The maximum absolute atomic E-state index is 14.0. The van der Waals surface area contributed by atoms with Gasteiger partial charge >= 0.3 is 6.01 Å². The Kier molecular flexibility index (Phi) is 5.69. The lowest BCUT2D eigenvalue weighted by molar-refractivity contribution is 0.145. The van der Waals surface area contributed by atoms with Gasteiger partial charge in [-0.25, -0.2) is 4.39 Å². The minimum Gasteiger partial charge on any atom is -0.393 e. The summed E-state index contributed by atoms with van der Waals surface area (Å²) in [6, 6.07) is 11.9. The minimum absolute atomic E-state index is 0.247. The van der Waals surface area contributed by atoms with E-state index in [0.717, 1.165) is 29.9 Å². The van der Waals surface area contributed by atoms with Gasteiger partial charge in [0, 0.05) is 34.9 Å². The lowest BCUT2D eigenvalue weighted by Gasteiger charge is -2.34. The van der Waals surface area contributed by atoms with E-state index in [9.17, 15) is 9.50 Å². The zero-order valence-electron chi connectivity index (χ0n) is 16.0. The molecule has 1 aliphatic heterocycles. The van der Waals surface area contributed by atoms with E-state index in [1.54, 1.807) is 18.2 Å². The Morgan fingerprint density at radius 1 is 1.24 bits per heavy atom. The number of benzene rings is 2. The first-order valence-corrected chi connectivity index (χ1v) is 9.96. The van der Waals surface area contributed by atoms with Crippen molar-refractivity contribution in [1.29, 1.82) is 0 Å². The van der Waals surface area contributed by atoms with E-state index < -0.39 is 0 Å². The smallest absolute Gasteiger partial charge is 0.322 e. The van der Waals surface area contributed by atoms with E-state index >= 15 is 0 Å². The van der Waals surface area contributed by atoms with Crippen LogP contribution in [0.5, 0.6) is 0 Å². The van der Waals surface area contributed by atoms with Gasteiger partial charge in [0.15, 0.2) is 0 Å². The van der Waals surface area contributed by atoms with Crippen LogP contribution in [0, 0.1) is 5.82 Å². The third kappa shape index (κ3) is 4.52. The number of aliphatic hydroxyl groups is 1. The Morgan fingerprint density at radius 3 is 2.79 bits per heavy atom. The van der Waals surface area contributed by atoms with Gasteiger partial charge in [-0.1, -0.05) is 28.9 Å². The maximum atomic E-state index is 14.0. The van der Waals surface area contributed by atoms with Crippen molar-refractivity contribution in [3.8, 4) is 11.4 Å². The third-order valence-corrected chi connectivity index (χ3v) is 5.35. The van der Waals surface area contributed by atoms with Gasteiger partial charge in [-0.2, -0.15) is 4.98 Å². The molecule has 0 amide bonds. The molecular formula is C21H22ClFN4O2. The van der Waals surface area contributed by atoms with Gasteiger partial charge in [0.25, 0.3) is 0 Å². The topological polar surface area (TPSA) is 74.4 Å². The first-order valence-electron chi connectivity index (χ1n) is 9.58. The fourth-order valence-corrected chi connectivity index (χ4v) is 3.75. The van der Waals surface area contributed by atoms with E-state index in [1.807, 2.05) is 19.1 Å². The summed E-state index contributed by atoms with van der Waals surface area (Å²) >= 11 is 6.02. The summed E-state index contributed by atoms with van der Waals surface area (Å²) in [6.45, 7) is 3.37. The van der Waals surface area contributed by atoms with E-state index in [4.69, 9.17) is 16.1 Å². The van der Waals surface area contributed by atoms with Crippen molar-refractivity contribution < 1.29 is 14.0 Å². The van der Waals surface area contributed by atoms with Crippen LogP contribution < -0.4 is 10.2 Å². The summed E-state index contributed by atoms with van der Waals surface area (Å²) < 4.78 is 19.3. The molecule has 1 unspecified atom stereocenters. The quantitative estimate of drug-likeness (QED) is 0.630. The van der Waals surface area contributed by atoms with Crippen LogP contribution in [0.3, 0.4) is 0 Å². The summed E-state index contributed by atoms with van der Waals surface area (Å²) in [6.07, 6.45) is 1.13. The number of nitrogens with one attached hydrogen (secondary N) is 1. The minimum atomic E-state index is -0.306. The van der Waals surface area contributed by atoms with Gasteiger partial charge in [-0.3, -0.25) is 0 Å². The first kappa shape index (κ1) is 19.7. The van der Waals surface area contributed by atoms with Crippen LogP contribution in [0.15, 0.2) is 47.0 Å². The van der Waals surface area contributed by atoms with Crippen molar-refractivity contribution in [2.75, 3.05) is 23.3 Å². The SMILES string of the molecule is CC(Nc1nc(-c2cccc(Cl)c2)no1)c1cc(F)ccc1N1CCC(O)CC1. The summed E-state index contributed by atoms with van der Waals surface area (Å²) in [5.41, 5.74) is 2.48. The second kappa shape index (κ2) is 8.39. The molecule has 4 rings (SSSR count). The molecule has 1 aliphatic rings. The Labute approximate surface area is 173 Å². The van der Waals surface area contributed by atoms with Crippen LogP contribution in [0.1, 0.15) is 31.4 Å². The summed E-state index contributed by atoms with van der Waals surface area (Å²) in [7, 11) is 0. The lowest BCUT2D eigenvalue weighted by Crippen LogP contribution is -2.36. The molecule has 1 aromatic heterocycles. The molecule has 2 aromatic carbocycles. The predicted molar refractivity (Wildman–Crippen MR) is 111 cm³/mol. The molecule has 2 N–H and O–H groups in total. The highest BCUT2D eigenvalue weighted by Gasteiger charge is 2.22. The zero-order valence-corrected chi connectivity index (χ0v) is 16.7. The van der Waals surface area contributed by atoms with Crippen molar-refractivity contribution in [1.82, 2.24) is 10.1 Å². The second-order valence-electron chi connectivity index (χ2n) is 7.22. The Bertz CT molecular complexity index is 988. The van der Waals surface area contributed by atoms with Crippen molar-refractivity contribution >= 4 is 23.3 Å². The van der Waals surface area contributed by atoms with Gasteiger partial charge in [-0.05, 0) is 50.1 Å². The molecule has 1 fully saturated rings. The fourth-order valence-electron chi connectivity index (χ4n) is 3.56. The highest BCUT2D eigenvalue weighted by Crippen LogP contribution is 2.32. The zero-order chi connectivity index (χ0) is 20.4. The molecule has 0 saturated carbocycles. The van der Waals surface area contributed by atoms with Crippen LogP contribution >= 0.6 is 11.6 Å². The van der Waals surface area contributed by atoms with Crippen molar-refractivity contribution in [2.45, 2.75) is 31.9 Å². The highest BCUT2D eigenvalue weighted by atomic mass is 35.5. The van der Waals surface area contributed by atoms with Gasteiger partial charge in [0.2, 0.25) is 5.82 Å². The van der Waals surface area contributed by atoms with Crippen molar-refractivity contribution in [3.63, 3.8) is 0 Å². The predicted octanol–water partition coefficient (Wildman–Crippen LogP) is 4.66. The Balaban J connectivity index is 1.54. The molecule has 0 aliphatic carbocycles. The van der Waals surface area contributed by atoms with Gasteiger partial charge in [0.05, 0.1) is 12.1 Å². The number of piperidine rings is 1. The molecule has 6 nitrogen and oxygen atoms in total. The molecule has 2 heterocycles. The summed E-state index contributed by atoms with van der Waals surface area (Å²) in [5, 5.41) is 17.5. The average Bonchev–Trinajstić information content (AvgIpc) is 3.17. The maximum Gasteiger partial charge on any atom is 0.322 e. The van der Waals surface area contributed by atoms with E-state index in [0.29, 0.717) is 23.7 Å². The number of aromatic nitrogens is 2. The average molecular weight is 417 g/mol. The molecule has 29 heavy (non-hydrogen) atoms. The van der Waals surface area contributed by atoms with Crippen LogP contribution in [0.4, 0.5) is 16.1 Å². The van der Waals surface area contributed by atoms with E-state index in [2.05, 4.69) is 20.4 Å². The number of anilines is 2. The summed E-state index contributed by atoms with van der Waals surface area (Å²) in [4.78, 5) is 6.55. The molecule has 1 atom stereocenters. The largest absolute Gasteiger partial charge is 0.393 e. The number of hydrogen-bond acceptors (Lipinski definition) is 6. The lowest BCUT2D eigenvalue weighted by atomic mass is 10.0. The number of rotatable bonds is 5. The number of aliphatic hydroxyl groups excluding tert-OH is 1. The number of halogens is 2. The van der Waals surface area contributed by atoms with Gasteiger partial charge in [-0.15, -0.1) is 0 Å². The van der Waals surface area contributed by atoms with Gasteiger partial charge < -0.3 is 19.8 Å². The molecule has 8 heteroatoms. The Hall–Kier alpha value is -2.64. The molecule has 0 spiro atoms. The van der Waals surface area contributed by atoms with Crippen LogP contribution in [-0.2, 0) is 0 Å². The number of nitrogens with zero attached hydrogens (tertiary/aromatic N) is 3.